The van der Waals surface area contributed by atoms with E-state index in [0.29, 0.717) is 36.4 Å². The van der Waals surface area contributed by atoms with Crippen LogP contribution >= 0.6 is 0 Å². The van der Waals surface area contributed by atoms with Crippen molar-refractivity contribution in [1.82, 2.24) is 5.32 Å². The van der Waals surface area contributed by atoms with Crippen molar-refractivity contribution >= 4 is 23.4 Å². The van der Waals surface area contributed by atoms with Gasteiger partial charge in [-0.1, -0.05) is 80.0 Å². The number of fused-ring (bicyclic) bond motifs is 7. The molecule has 0 amide bonds. The molecule has 6 fully saturated rings. The number of aliphatic carboxylic acids is 1. The molecule has 0 aromatic heterocycles. The minimum absolute atomic E-state index is 0.0281. The number of nitrogens with zero attached hydrogens (tertiary/aromatic N) is 1. The summed E-state index contributed by atoms with van der Waals surface area (Å²) in [5, 5.41) is 13.5. The number of carboxylic acid groups (broad SMARTS) is 1. The molecule has 1 aromatic rings. The number of ketones is 1. The molecule has 0 spiro atoms. The Hall–Kier alpha value is -2.67. The molecule has 1 aromatic carbocycles. The summed E-state index contributed by atoms with van der Waals surface area (Å²) in [6, 6.07) is 9.20. The maximum absolute atomic E-state index is 14.2. The third-order valence-corrected chi connectivity index (χ3v) is 19.4. The summed E-state index contributed by atoms with van der Waals surface area (Å²) in [5.41, 5.74) is 5.08. The van der Waals surface area contributed by atoms with Gasteiger partial charge >= 0.3 is 11.9 Å². The summed E-state index contributed by atoms with van der Waals surface area (Å²) in [4.78, 5) is 42.2. The van der Waals surface area contributed by atoms with Crippen LogP contribution in [0.5, 0.6) is 0 Å². The van der Waals surface area contributed by atoms with Crippen molar-refractivity contribution in [2.24, 2.45) is 68.0 Å². The molecule has 7 heteroatoms. The van der Waals surface area contributed by atoms with Gasteiger partial charge in [-0.25, -0.2) is 0 Å². The Kier molecular flexibility index (Phi) is 10.7. The molecule has 6 aliphatic carbocycles. The lowest BCUT2D eigenvalue weighted by Crippen LogP contribution is -2.66. The molecular formula is C51H76N2O5. The Bertz CT molecular complexity index is 1810. The summed E-state index contributed by atoms with van der Waals surface area (Å²) in [6.45, 7) is 25.1. The first-order valence-corrected chi connectivity index (χ1v) is 23.6. The molecule has 7 aliphatic rings. The number of Topliss-reactive ketones (excluding diaryl/α,β-unsaturated/α-hetero) is 1. The SMILES string of the molecule is CC(C)C1=C2[C@H]3CC[C@@H]4[C@@]5(C)CC[C@H](OC(=O)[C@H]6C[C@@H](C(=O)O)C6(C)C)C(C)(C)[C@@H]5CC[C@@]4(C)[C@]3(C)CC[C@@]2(CCNCc2ccc(N3CCCCC3)cc2)CC1=O. The fraction of sp³-hybridized carbons (Fsp3) is 0.784. The summed E-state index contributed by atoms with van der Waals surface area (Å²) in [6.07, 6.45) is 14.8. The molecule has 10 atom stereocenters. The Labute approximate surface area is 350 Å². The van der Waals surface area contributed by atoms with Crippen LogP contribution in [0.2, 0.25) is 0 Å². The molecule has 58 heavy (non-hydrogen) atoms. The summed E-state index contributed by atoms with van der Waals surface area (Å²) in [7, 11) is 0. The molecule has 320 valence electrons. The lowest BCUT2D eigenvalue weighted by atomic mass is 9.33. The van der Waals surface area contributed by atoms with E-state index in [1.165, 1.54) is 68.4 Å². The molecule has 8 rings (SSSR count). The van der Waals surface area contributed by atoms with Crippen LogP contribution in [-0.2, 0) is 25.7 Å². The first kappa shape index (κ1) is 42.0. The molecule has 1 aliphatic heterocycles. The molecule has 0 radical (unpaired) electrons. The second kappa shape index (κ2) is 14.8. The van der Waals surface area contributed by atoms with Crippen molar-refractivity contribution in [3.05, 3.63) is 41.0 Å². The Morgan fingerprint density at radius 1 is 0.828 bits per heavy atom. The van der Waals surface area contributed by atoms with Crippen molar-refractivity contribution < 1.29 is 24.2 Å². The average Bonchev–Trinajstić information content (AvgIpc) is 3.47. The highest BCUT2D eigenvalue weighted by Gasteiger charge is 2.70. The Morgan fingerprint density at radius 3 is 2.19 bits per heavy atom. The number of carbonyl (C=O) groups is 3. The van der Waals surface area contributed by atoms with Crippen LogP contribution in [0, 0.1) is 68.0 Å². The van der Waals surface area contributed by atoms with Gasteiger partial charge in [0.25, 0.3) is 0 Å². The number of nitrogens with one attached hydrogen (secondary N) is 1. The second-order valence-electron chi connectivity index (χ2n) is 22.9. The minimum atomic E-state index is -0.812. The summed E-state index contributed by atoms with van der Waals surface area (Å²) >= 11 is 0. The number of hydrogen-bond donors (Lipinski definition) is 2. The van der Waals surface area contributed by atoms with E-state index in [1.54, 1.807) is 5.57 Å². The van der Waals surface area contributed by atoms with Gasteiger partial charge in [0.2, 0.25) is 0 Å². The quantitative estimate of drug-likeness (QED) is 0.180. The van der Waals surface area contributed by atoms with Crippen LogP contribution in [-0.4, -0.2) is 48.6 Å². The standard InChI is InChI=1S/C51H76N2O5/c1-32(2)42-38(54)30-51(25-26-52-31-33-13-15-34(16-14-33)53-27-11-10-12-28-53)24-23-49(8)35(43(42)51)17-18-40-48(7)21-20-41(47(5,6)39(48)19-22-50(40,49)9)58-45(57)37-29-36(44(55)56)46(37,3)4/h13-16,32,35-37,39-41,52H,10-12,17-31H2,1-9H3,(H,55,56)/t35-,36+,37-,39+,40-,41+,48+,49-,50-,51-/m1/s1. The van der Waals surface area contributed by atoms with Crippen molar-refractivity contribution in [2.45, 2.75) is 165 Å². The Balaban J connectivity index is 0.975. The zero-order chi connectivity index (χ0) is 41.6. The summed E-state index contributed by atoms with van der Waals surface area (Å²) in [5.74, 6) is 0.280. The van der Waals surface area contributed by atoms with E-state index < -0.39 is 17.3 Å². The van der Waals surface area contributed by atoms with Crippen molar-refractivity contribution in [1.29, 1.82) is 0 Å². The predicted octanol–water partition coefficient (Wildman–Crippen LogP) is 10.8. The van der Waals surface area contributed by atoms with E-state index in [4.69, 9.17) is 4.74 Å². The zero-order valence-corrected chi connectivity index (χ0v) is 37.6. The number of benzene rings is 1. The van der Waals surface area contributed by atoms with E-state index in [0.717, 1.165) is 51.6 Å². The first-order chi connectivity index (χ1) is 27.3. The number of carbonyl (C=O) groups excluding carboxylic acids is 2. The second-order valence-corrected chi connectivity index (χ2v) is 22.9. The fourth-order valence-corrected chi connectivity index (χ4v) is 15.7. The van der Waals surface area contributed by atoms with Gasteiger partial charge in [0, 0.05) is 42.6 Å². The number of ether oxygens (including phenoxy) is 1. The summed E-state index contributed by atoms with van der Waals surface area (Å²) < 4.78 is 6.45. The lowest BCUT2D eigenvalue weighted by molar-refractivity contribution is -0.236. The van der Waals surface area contributed by atoms with Gasteiger partial charge in [-0.3, -0.25) is 14.4 Å². The zero-order valence-electron chi connectivity index (χ0n) is 37.6. The van der Waals surface area contributed by atoms with Crippen LogP contribution in [0.15, 0.2) is 35.4 Å². The van der Waals surface area contributed by atoms with Gasteiger partial charge in [-0.15, -0.1) is 0 Å². The molecule has 5 saturated carbocycles. The predicted molar refractivity (Wildman–Crippen MR) is 231 cm³/mol. The van der Waals surface area contributed by atoms with Gasteiger partial charge in [-0.2, -0.15) is 0 Å². The van der Waals surface area contributed by atoms with Gasteiger partial charge in [0.1, 0.15) is 6.10 Å². The third-order valence-electron chi connectivity index (χ3n) is 19.4. The highest BCUT2D eigenvalue weighted by atomic mass is 16.5. The van der Waals surface area contributed by atoms with E-state index in [2.05, 4.69) is 82.9 Å². The maximum Gasteiger partial charge on any atom is 0.309 e. The number of allylic oxidation sites excluding steroid dienone is 2. The molecule has 2 N–H and O–H groups in total. The molecule has 0 bridgehead atoms. The molecule has 1 heterocycles. The van der Waals surface area contributed by atoms with E-state index in [9.17, 15) is 19.5 Å². The van der Waals surface area contributed by atoms with Crippen LogP contribution in [0.1, 0.15) is 158 Å². The van der Waals surface area contributed by atoms with E-state index in [-0.39, 0.29) is 51.0 Å². The van der Waals surface area contributed by atoms with Crippen molar-refractivity contribution in [3.63, 3.8) is 0 Å². The van der Waals surface area contributed by atoms with Crippen molar-refractivity contribution in [2.75, 3.05) is 24.5 Å². The number of hydrogen-bond acceptors (Lipinski definition) is 6. The maximum atomic E-state index is 14.2. The average molecular weight is 797 g/mol. The molecular weight excluding hydrogens is 721 g/mol. The molecule has 7 nitrogen and oxygen atoms in total. The van der Waals surface area contributed by atoms with Crippen LogP contribution in [0.4, 0.5) is 5.69 Å². The number of carboxylic acids is 1. The van der Waals surface area contributed by atoms with E-state index in [1.807, 2.05) is 13.8 Å². The normalized spacial score (nSPS) is 40.2. The first-order valence-electron chi connectivity index (χ1n) is 23.6. The molecule has 1 saturated heterocycles. The Morgan fingerprint density at radius 2 is 1.53 bits per heavy atom. The van der Waals surface area contributed by atoms with Gasteiger partial charge in [-0.05, 0) is 159 Å². The highest BCUT2D eigenvalue weighted by molar-refractivity contribution is 6.00. The van der Waals surface area contributed by atoms with Gasteiger partial charge in [0.15, 0.2) is 5.78 Å². The highest BCUT2D eigenvalue weighted by Crippen LogP contribution is 2.77. The number of esters is 1. The number of anilines is 1. The van der Waals surface area contributed by atoms with Crippen LogP contribution in [0.3, 0.4) is 0 Å². The van der Waals surface area contributed by atoms with E-state index >= 15 is 0 Å². The third kappa shape index (κ3) is 6.38. The largest absolute Gasteiger partial charge is 0.481 e. The fourth-order valence-electron chi connectivity index (χ4n) is 15.7. The molecule has 0 unspecified atom stereocenters. The number of rotatable bonds is 10. The van der Waals surface area contributed by atoms with Crippen LogP contribution in [0.25, 0.3) is 0 Å². The topological polar surface area (TPSA) is 95.9 Å². The van der Waals surface area contributed by atoms with Crippen LogP contribution < -0.4 is 10.2 Å². The van der Waals surface area contributed by atoms with Gasteiger partial charge in [0.05, 0.1) is 11.8 Å². The smallest absolute Gasteiger partial charge is 0.309 e. The van der Waals surface area contributed by atoms with Gasteiger partial charge < -0.3 is 20.1 Å². The monoisotopic (exact) mass is 797 g/mol. The minimum Gasteiger partial charge on any atom is -0.481 e. The lowest BCUT2D eigenvalue weighted by Gasteiger charge is -2.72. The number of piperidine rings is 1. The van der Waals surface area contributed by atoms with Crippen molar-refractivity contribution in [3.8, 4) is 0 Å².